The maximum Gasteiger partial charge on any atom is 0.273 e. The molecule has 1 unspecified atom stereocenters. The Hall–Kier alpha value is -4.72. The van der Waals surface area contributed by atoms with Gasteiger partial charge in [-0.3, -0.25) is 14.6 Å². The van der Waals surface area contributed by atoms with Gasteiger partial charge in [0.15, 0.2) is 5.92 Å². The molecule has 196 valence electrons. The van der Waals surface area contributed by atoms with Gasteiger partial charge >= 0.3 is 0 Å². The summed E-state index contributed by atoms with van der Waals surface area (Å²) >= 11 is 0. The molecule has 2 heterocycles. The lowest BCUT2D eigenvalue weighted by molar-refractivity contribution is -0.127. The van der Waals surface area contributed by atoms with Crippen molar-refractivity contribution in [2.45, 2.75) is 26.2 Å². The van der Waals surface area contributed by atoms with E-state index in [-0.39, 0.29) is 17.7 Å². The van der Waals surface area contributed by atoms with Crippen LogP contribution in [0.4, 0.5) is 20.2 Å². The molecule has 1 N–H and O–H groups in total. The molecule has 1 aliphatic heterocycles. The van der Waals surface area contributed by atoms with Gasteiger partial charge in [0.25, 0.3) is 11.8 Å². The van der Waals surface area contributed by atoms with Crippen molar-refractivity contribution in [2.75, 3.05) is 10.3 Å². The average Bonchev–Trinajstić information content (AvgIpc) is 3.27. The Morgan fingerprint density at radius 3 is 2.46 bits per heavy atom. The highest BCUT2D eigenvalue weighted by Crippen LogP contribution is 2.35. The van der Waals surface area contributed by atoms with Crippen LogP contribution in [0.2, 0.25) is 0 Å². The molecule has 0 saturated heterocycles. The first-order chi connectivity index (χ1) is 18.8. The highest BCUT2D eigenvalue weighted by Gasteiger charge is 2.40. The number of hydrogen-bond donors (Lipinski definition) is 1. The monoisotopic (exact) mass is 524 g/mol. The van der Waals surface area contributed by atoms with Gasteiger partial charge in [-0.2, -0.15) is 10.1 Å². The molecular formula is C31H26F2N4O2. The van der Waals surface area contributed by atoms with Crippen LogP contribution in [0.3, 0.4) is 0 Å². The van der Waals surface area contributed by atoms with Crippen molar-refractivity contribution in [3.05, 3.63) is 103 Å². The predicted molar refractivity (Wildman–Crippen MR) is 148 cm³/mol. The molecule has 1 aromatic heterocycles. The number of amides is 2. The molecule has 1 atom stereocenters. The fourth-order valence-corrected chi connectivity index (χ4v) is 4.57. The Kier molecular flexibility index (Phi) is 7.02. The highest BCUT2D eigenvalue weighted by molar-refractivity contribution is 6.28. The van der Waals surface area contributed by atoms with Gasteiger partial charge in [0.2, 0.25) is 5.91 Å². The second-order valence-corrected chi connectivity index (χ2v) is 9.27. The number of benzene rings is 3. The molecule has 0 fully saturated rings. The van der Waals surface area contributed by atoms with Gasteiger partial charge in [-0.05, 0) is 42.8 Å². The zero-order chi connectivity index (χ0) is 27.6. The van der Waals surface area contributed by atoms with Gasteiger partial charge in [0.05, 0.1) is 17.1 Å². The van der Waals surface area contributed by atoms with Crippen molar-refractivity contribution in [3.8, 4) is 22.4 Å². The molecule has 0 saturated carbocycles. The molecule has 3 aromatic carbocycles. The number of hydrazone groups is 1. The molecule has 0 radical (unpaired) electrons. The lowest BCUT2D eigenvalue weighted by Crippen LogP contribution is -2.36. The lowest BCUT2D eigenvalue weighted by atomic mass is 9.99. The summed E-state index contributed by atoms with van der Waals surface area (Å²) in [6.45, 7) is 2.99. The SMILES string of the molecule is CCC(F)(F)c1cccc(NC(=O)C2C(=O)N(c3cccc(-c4ncccc4-c4ccccc4)c3)N=C2C)c1. The van der Waals surface area contributed by atoms with E-state index in [0.29, 0.717) is 11.4 Å². The number of nitrogens with zero attached hydrogens (tertiary/aromatic N) is 3. The fourth-order valence-electron chi connectivity index (χ4n) is 4.57. The second kappa shape index (κ2) is 10.6. The van der Waals surface area contributed by atoms with E-state index >= 15 is 0 Å². The Morgan fingerprint density at radius 1 is 0.949 bits per heavy atom. The van der Waals surface area contributed by atoms with E-state index in [1.807, 2.05) is 48.5 Å². The molecule has 0 bridgehead atoms. The molecule has 0 spiro atoms. The Morgan fingerprint density at radius 2 is 1.69 bits per heavy atom. The second-order valence-electron chi connectivity index (χ2n) is 9.27. The zero-order valence-corrected chi connectivity index (χ0v) is 21.4. The largest absolute Gasteiger partial charge is 0.325 e. The highest BCUT2D eigenvalue weighted by atomic mass is 19.3. The van der Waals surface area contributed by atoms with Crippen molar-refractivity contribution in [2.24, 2.45) is 11.0 Å². The first-order valence-corrected chi connectivity index (χ1v) is 12.6. The Bertz CT molecular complexity index is 1570. The number of halogens is 2. The molecular weight excluding hydrogens is 498 g/mol. The summed E-state index contributed by atoms with van der Waals surface area (Å²) in [5.74, 6) is -5.36. The van der Waals surface area contributed by atoms with Crippen molar-refractivity contribution >= 4 is 28.9 Å². The van der Waals surface area contributed by atoms with E-state index in [2.05, 4.69) is 15.4 Å². The zero-order valence-electron chi connectivity index (χ0n) is 21.4. The number of carbonyl (C=O) groups excluding carboxylic acids is 2. The van der Waals surface area contributed by atoms with Crippen LogP contribution in [0, 0.1) is 5.92 Å². The van der Waals surface area contributed by atoms with Crippen molar-refractivity contribution in [3.63, 3.8) is 0 Å². The van der Waals surface area contributed by atoms with Crippen molar-refractivity contribution in [1.29, 1.82) is 0 Å². The normalized spacial score (nSPS) is 15.3. The van der Waals surface area contributed by atoms with Gasteiger partial charge in [0.1, 0.15) is 0 Å². The van der Waals surface area contributed by atoms with Crippen LogP contribution >= 0.6 is 0 Å². The minimum atomic E-state index is -3.02. The van der Waals surface area contributed by atoms with Crippen LogP contribution in [0.15, 0.2) is 102 Å². The Balaban J connectivity index is 1.39. The van der Waals surface area contributed by atoms with E-state index in [0.717, 1.165) is 22.4 Å². The topological polar surface area (TPSA) is 74.7 Å². The molecule has 0 aliphatic carbocycles. The van der Waals surface area contributed by atoms with Gasteiger partial charge in [-0.1, -0.05) is 67.6 Å². The molecule has 1 aliphatic rings. The van der Waals surface area contributed by atoms with E-state index in [9.17, 15) is 18.4 Å². The first-order valence-electron chi connectivity index (χ1n) is 12.6. The summed E-state index contributed by atoms with van der Waals surface area (Å²) in [5, 5.41) is 8.18. The third kappa shape index (κ3) is 5.18. The van der Waals surface area contributed by atoms with Crippen molar-refractivity contribution < 1.29 is 18.4 Å². The summed E-state index contributed by atoms with van der Waals surface area (Å²) in [6.07, 6.45) is 1.35. The number of anilines is 2. The summed E-state index contributed by atoms with van der Waals surface area (Å²) < 4.78 is 28.3. The third-order valence-electron chi connectivity index (χ3n) is 6.65. The number of nitrogens with one attached hydrogen (secondary N) is 1. The van der Waals surface area contributed by atoms with Crippen LogP contribution in [0.1, 0.15) is 25.8 Å². The summed E-state index contributed by atoms with van der Waals surface area (Å²) in [6, 6.07) is 26.5. The van der Waals surface area contributed by atoms with Crippen LogP contribution in [-0.4, -0.2) is 22.5 Å². The number of hydrogen-bond acceptors (Lipinski definition) is 4. The van der Waals surface area contributed by atoms with Crippen LogP contribution in [0.25, 0.3) is 22.4 Å². The van der Waals surface area contributed by atoms with Gasteiger partial charge in [-0.15, -0.1) is 0 Å². The van der Waals surface area contributed by atoms with Gasteiger partial charge in [-0.25, -0.2) is 8.78 Å². The standard InChI is InChI=1S/C31H26F2N4O2/c1-3-31(32,33)23-13-8-14-24(19-23)35-29(38)27-20(2)36-37(30(27)39)25-15-7-12-22(18-25)28-26(16-9-17-34-28)21-10-5-4-6-11-21/h4-19,27H,3H2,1-2H3,(H,35,38). The first kappa shape index (κ1) is 25.9. The summed E-state index contributed by atoms with van der Waals surface area (Å²) in [7, 11) is 0. The van der Waals surface area contributed by atoms with E-state index in [4.69, 9.17) is 0 Å². The van der Waals surface area contributed by atoms with Crippen LogP contribution in [0.5, 0.6) is 0 Å². The van der Waals surface area contributed by atoms with Crippen LogP contribution < -0.4 is 10.3 Å². The minimum Gasteiger partial charge on any atom is -0.325 e. The molecule has 8 heteroatoms. The smallest absolute Gasteiger partial charge is 0.273 e. The summed E-state index contributed by atoms with van der Waals surface area (Å²) in [4.78, 5) is 31.1. The van der Waals surface area contributed by atoms with Gasteiger partial charge < -0.3 is 5.32 Å². The molecule has 4 aromatic rings. The predicted octanol–water partition coefficient (Wildman–Crippen LogP) is 6.89. The quantitative estimate of drug-likeness (QED) is 0.267. The number of rotatable bonds is 7. The number of alkyl halides is 2. The molecule has 5 rings (SSSR count). The van der Waals surface area contributed by atoms with Crippen LogP contribution in [-0.2, 0) is 15.5 Å². The average molecular weight is 525 g/mol. The summed E-state index contributed by atoms with van der Waals surface area (Å²) in [5.41, 5.74) is 4.27. The number of carbonyl (C=O) groups is 2. The van der Waals surface area contributed by atoms with E-state index in [1.54, 1.807) is 31.3 Å². The maximum absolute atomic E-state index is 14.1. The molecule has 6 nitrogen and oxygen atoms in total. The fraction of sp³-hybridized carbons (Fsp3) is 0.161. The third-order valence-corrected chi connectivity index (χ3v) is 6.65. The number of pyridine rings is 1. The lowest BCUT2D eigenvalue weighted by Gasteiger charge is -2.17. The van der Waals surface area contributed by atoms with E-state index in [1.165, 1.54) is 36.2 Å². The molecule has 2 amide bonds. The van der Waals surface area contributed by atoms with E-state index < -0.39 is 23.7 Å². The maximum atomic E-state index is 14.1. The van der Waals surface area contributed by atoms with Crippen molar-refractivity contribution in [1.82, 2.24) is 4.98 Å². The Labute approximate surface area is 225 Å². The number of aromatic nitrogens is 1. The minimum absolute atomic E-state index is 0.190. The van der Waals surface area contributed by atoms with Gasteiger partial charge in [0, 0.05) is 35.0 Å². The molecule has 39 heavy (non-hydrogen) atoms.